The van der Waals surface area contributed by atoms with E-state index in [-0.39, 0.29) is 23.7 Å². The fourth-order valence-corrected chi connectivity index (χ4v) is 4.71. The van der Waals surface area contributed by atoms with Crippen molar-refractivity contribution < 1.29 is 22.3 Å². The van der Waals surface area contributed by atoms with Gasteiger partial charge in [-0.3, -0.25) is 14.3 Å². The second kappa shape index (κ2) is 9.92. The fraction of sp³-hybridized carbons (Fsp3) is 0.308. The van der Waals surface area contributed by atoms with Crippen molar-refractivity contribution in [2.24, 2.45) is 0 Å². The Morgan fingerprint density at radius 1 is 1.00 bits per heavy atom. The zero-order valence-electron chi connectivity index (χ0n) is 20.7. The van der Waals surface area contributed by atoms with Gasteiger partial charge in [0.2, 0.25) is 0 Å². The minimum atomic E-state index is -4.92. The van der Waals surface area contributed by atoms with Gasteiger partial charge in [0.25, 0.3) is 5.56 Å². The van der Waals surface area contributed by atoms with E-state index in [1.807, 2.05) is 22.8 Å². The van der Waals surface area contributed by atoms with Crippen LogP contribution in [0.1, 0.15) is 17.1 Å². The van der Waals surface area contributed by atoms with E-state index in [0.29, 0.717) is 48.8 Å². The zero-order valence-corrected chi connectivity index (χ0v) is 20.7. The monoisotopic (exact) mass is 528 g/mol. The first-order valence-electron chi connectivity index (χ1n) is 11.9. The molecule has 0 N–H and O–H groups in total. The summed E-state index contributed by atoms with van der Waals surface area (Å²) in [5.74, 6) is -0.392. The van der Waals surface area contributed by atoms with E-state index < -0.39 is 17.7 Å². The second-order valence-corrected chi connectivity index (χ2v) is 8.99. The molecular weight excluding hydrogens is 504 g/mol. The van der Waals surface area contributed by atoms with Crippen LogP contribution in [0.25, 0.3) is 11.0 Å². The number of anilines is 2. The number of nitrogens with zero attached hydrogens (tertiary/aromatic N) is 6. The van der Waals surface area contributed by atoms with Crippen LogP contribution in [0.3, 0.4) is 0 Å². The number of aromatic nitrogens is 4. The maximum atomic E-state index is 14.5. The van der Waals surface area contributed by atoms with E-state index in [0.717, 1.165) is 11.6 Å². The van der Waals surface area contributed by atoms with Crippen LogP contribution < -0.4 is 20.1 Å². The average molecular weight is 529 g/mol. The summed E-state index contributed by atoms with van der Waals surface area (Å²) >= 11 is 0. The smallest absolute Gasteiger partial charge is 0.404 e. The second-order valence-electron chi connectivity index (χ2n) is 8.99. The first-order chi connectivity index (χ1) is 18.1. The average Bonchev–Trinajstić information content (AvgIpc) is 2.86. The number of hydrogen-bond donors (Lipinski definition) is 0. The van der Waals surface area contributed by atoms with Gasteiger partial charge in [0.05, 0.1) is 12.2 Å². The minimum Gasteiger partial charge on any atom is -0.404 e. The highest BCUT2D eigenvalue weighted by Crippen LogP contribution is 2.28. The number of alkyl halides is 3. The molecule has 1 aliphatic heterocycles. The van der Waals surface area contributed by atoms with Crippen LogP contribution in [0.4, 0.5) is 28.9 Å². The van der Waals surface area contributed by atoms with Crippen molar-refractivity contribution in [3.63, 3.8) is 0 Å². The number of hydrogen-bond acceptors (Lipinski definition) is 7. The molecule has 8 nitrogen and oxygen atoms in total. The standard InChI is InChI=1S/C26H24F4N6O2/c1-16-5-3-6-19(27)23(16)35-11-9-34(10-12-35)21-13-18-14-32-17(2)33-24(18)36(25(21)37)15-20-22(7-4-8-31-20)38-26(28,29)30/h3-8,13-14H,9-12,15H2,1-2H3. The molecule has 1 aliphatic rings. The Labute approximate surface area is 215 Å². The Morgan fingerprint density at radius 3 is 2.45 bits per heavy atom. The number of aryl methyl sites for hydroxylation is 2. The first kappa shape index (κ1) is 25.4. The predicted molar refractivity (Wildman–Crippen MR) is 134 cm³/mol. The summed E-state index contributed by atoms with van der Waals surface area (Å²) < 4.78 is 58.9. The molecule has 4 heterocycles. The molecule has 0 bridgehead atoms. The molecule has 0 atom stereocenters. The lowest BCUT2D eigenvalue weighted by Crippen LogP contribution is -2.49. The van der Waals surface area contributed by atoms with E-state index >= 15 is 0 Å². The van der Waals surface area contributed by atoms with Gasteiger partial charge < -0.3 is 14.5 Å². The lowest BCUT2D eigenvalue weighted by molar-refractivity contribution is -0.275. The van der Waals surface area contributed by atoms with Gasteiger partial charge in [0, 0.05) is 44.0 Å². The molecule has 4 aromatic rings. The number of benzene rings is 1. The van der Waals surface area contributed by atoms with Gasteiger partial charge in [-0.05, 0) is 43.7 Å². The largest absolute Gasteiger partial charge is 0.573 e. The maximum Gasteiger partial charge on any atom is 0.573 e. The van der Waals surface area contributed by atoms with Gasteiger partial charge in [0.15, 0.2) is 5.75 Å². The first-order valence-corrected chi connectivity index (χ1v) is 11.9. The highest BCUT2D eigenvalue weighted by Gasteiger charge is 2.32. The summed E-state index contributed by atoms with van der Waals surface area (Å²) in [6, 6.07) is 9.10. The molecule has 0 amide bonds. The van der Waals surface area contributed by atoms with E-state index in [1.54, 1.807) is 25.3 Å². The molecule has 1 fully saturated rings. The summed E-state index contributed by atoms with van der Waals surface area (Å²) in [6.45, 7) is 5.05. The molecule has 5 rings (SSSR count). The van der Waals surface area contributed by atoms with Gasteiger partial charge in [-0.15, -0.1) is 13.2 Å². The van der Waals surface area contributed by atoms with Crippen molar-refractivity contribution in [3.8, 4) is 5.75 Å². The molecule has 1 saturated heterocycles. The molecule has 0 radical (unpaired) electrons. The third-order valence-electron chi connectivity index (χ3n) is 6.44. The molecule has 3 aromatic heterocycles. The van der Waals surface area contributed by atoms with Crippen molar-refractivity contribution in [2.75, 3.05) is 36.0 Å². The zero-order chi connectivity index (χ0) is 27.0. The van der Waals surface area contributed by atoms with Gasteiger partial charge in [-0.25, -0.2) is 14.4 Å². The lowest BCUT2D eigenvalue weighted by Gasteiger charge is -2.38. The third kappa shape index (κ3) is 5.11. The summed E-state index contributed by atoms with van der Waals surface area (Å²) in [5.41, 5.74) is 1.49. The number of ether oxygens (including phenoxy) is 1. The maximum absolute atomic E-state index is 14.5. The topological polar surface area (TPSA) is 76.4 Å². The summed E-state index contributed by atoms with van der Waals surface area (Å²) in [7, 11) is 0. The van der Waals surface area contributed by atoms with Crippen LogP contribution in [0.5, 0.6) is 5.75 Å². The molecule has 0 aliphatic carbocycles. The minimum absolute atomic E-state index is 0.0681. The van der Waals surface area contributed by atoms with E-state index in [9.17, 15) is 22.4 Å². The number of rotatable bonds is 5. The fourth-order valence-electron chi connectivity index (χ4n) is 4.71. The van der Waals surface area contributed by atoms with Gasteiger partial charge in [0.1, 0.15) is 28.7 Å². The van der Waals surface area contributed by atoms with Crippen molar-refractivity contribution in [1.82, 2.24) is 19.5 Å². The molecule has 0 spiro atoms. The molecule has 38 heavy (non-hydrogen) atoms. The van der Waals surface area contributed by atoms with Gasteiger partial charge in [-0.1, -0.05) is 12.1 Å². The SMILES string of the molecule is Cc1ncc2cc(N3CCN(c4c(C)cccc4F)CC3)c(=O)n(Cc3ncccc3OC(F)(F)F)c2n1. The molecule has 12 heteroatoms. The lowest BCUT2D eigenvalue weighted by atomic mass is 10.1. The Hall–Kier alpha value is -4.22. The Bertz CT molecular complexity index is 1530. The van der Waals surface area contributed by atoms with Crippen LogP contribution in [0, 0.1) is 19.7 Å². The Balaban J connectivity index is 1.51. The van der Waals surface area contributed by atoms with Crippen molar-refractivity contribution in [3.05, 3.63) is 82.0 Å². The summed E-state index contributed by atoms with van der Waals surface area (Å²) in [5, 5.41) is 0.548. The molecular formula is C26H24F4N6O2. The van der Waals surface area contributed by atoms with Crippen LogP contribution in [-0.2, 0) is 6.54 Å². The summed E-state index contributed by atoms with van der Waals surface area (Å²) in [6.07, 6.45) is -2.01. The van der Waals surface area contributed by atoms with Crippen LogP contribution in [0.2, 0.25) is 0 Å². The normalized spacial score (nSPS) is 14.3. The molecule has 0 unspecified atom stereocenters. The number of halogens is 4. The summed E-state index contributed by atoms with van der Waals surface area (Å²) in [4.78, 5) is 30.2. The van der Waals surface area contributed by atoms with E-state index in [4.69, 9.17) is 0 Å². The van der Waals surface area contributed by atoms with Crippen molar-refractivity contribution in [2.45, 2.75) is 26.8 Å². The predicted octanol–water partition coefficient (Wildman–Crippen LogP) is 4.22. The number of fused-ring (bicyclic) bond motifs is 1. The van der Waals surface area contributed by atoms with Gasteiger partial charge in [-0.2, -0.15) is 0 Å². The van der Waals surface area contributed by atoms with E-state index in [1.165, 1.54) is 22.9 Å². The van der Waals surface area contributed by atoms with Crippen LogP contribution >= 0.6 is 0 Å². The molecule has 1 aromatic carbocycles. The highest BCUT2D eigenvalue weighted by atomic mass is 19.4. The Kier molecular flexibility index (Phi) is 6.64. The Morgan fingerprint density at radius 2 is 1.74 bits per heavy atom. The highest BCUT2D eigenvalue weighted by molar-refractivity contribution is 5.78. The van der Waals surface area contributed by atoms with E-state index in [2.05, 4.69) is 19.7 Å². The van der Waals surface area contributed by atoms with Gasteiger partial charge >= 0.3 is 6.36 Å². The van der Waals surface area contributed by atoms with Crippen LogP contribution in [-0.4, -0.2) is 52.1 Å². The van der Waals surface area contributed by atoms with Crippen LogP contribution in [0.15, 0.2) is 53.6 Å². The number of pyridine rings is 2. The quantitative estimate of drug-likeness (QED) is 0.359. The van der Waals surface area contributed by atoms with Crippen molar-refractivity contribution in [1.29, 1.82) is 0 Å². The van der Waals surface area contributed by atoms with Crippen molar-refractivity contribution >= 4 is 22.4 Å². The molecule has 0 saturated carbocycles. The number of para-hydroxylation sites is 1. The third-order valence-corrected chi connectivity index (χ3v) is 6.44. The number of piperazine rings is 1. The molecule has 198 valence electrons.